The van der Waals surface area contributed by atoms with Crippen molar-refractivity contribution in [1.29, 1.82) is 0 Å². The van der Waals surface area contributed by atoms with Crippen LogP contribution in [0.5, 0.6) is 0 Å². The molecule has 0 atom stereocenters. The molecule has 0 aliphatic heterocycles. The summed E-state index contributed by atoms with van der Waals surface area (Å²) in [6, 6.07) is 3.10. The molecule has 94 valence electrons. The van der Waals surface area contributed by atoms with E-state index in [9.17, 15) is 13.2 Å². The molecule has 0 spiro atoms. The number of rotatable bonds is 2. The molecule has 0 saturated carbocycles. The Balaban J connectivity index is 2.40. The Kier molecular flexibility index (Phi) is 3.56. The van der Waals surface area contributed by atoms with Gasteiger partial charge in [-0.15, -0.1) is 0 Å². The number of benzene rings is 1. The van der Waals surface area contributed by atoms with Gasteiger partial charge in [0.1, 0.15) is 11.6 Å². The van der Waals surface area contributed by atoms with Crippen LogP contribution in [0.4, 0.5) is 24.7 Å². The fraction of sp³-hybridized carbons (Fsp3) is 0.0833. The van der Waals surface area contributed by atoms with Crippen LogP contribution in [-0.2, 0) is 0 Å². The number of aromatic nitrogens is 1. The lowest BCUT2D eigenvalue weighted by Gasteiger charge is -2.09. The maximum Gasteiger partial charge on any atom is 0.182 e. The van der Waals surface area contributed by atoms with E-state index in [0.29, 0.717) is 10.5 Å². The first-order chi connectivity index (χ1) is 8.47. The summed E-state index contributed by atoms with van der Waals surface area (Å²) < 4.78 is 40.0. The Morgan fingerprint density at radius 3 is 2.56 bits per heavy atom. The molecule has 2 nitrogen and oxygen atoms in total. The van der Waals surface area contributed by atoms with Crippen LogP contribution in [0.1, 0.15) is 5.56 Å². The molecule has 18 heavy (non-hydrogen) atoms. The molecule has 6 heteroatoms. The van der Waals surface area contributed by atoms with E-state index < -0.39 is 17.5 Å². The van der Waals surface area contributed by atoms with Crippen LogP contribution in [0.25, 0.3) is 0 Å². The van der Waals surface area contributed by atoms with Crippen LogP contribution < -0.4 is 5.32 Å². The van der Waals surface area contributed by atoms with Crippen LogP contribution in [0.3, 0.4) is 0 Å². The molecule has 0 unspecified atom stereocenters. The maximum absolute atomic E-state index is 13.4. The predicted octanol–water partition coefficient (Wildman–Crippen LogP) is 4.31. The highest BCUT2D eigenvalue weighted by atomic mass is 79.9. The average molecular weight is 317 g/mol. The molecule has 1 aromatic heterocycles. The van der Waals surface area contributed by atoms with Gasteiger partial charge in [-0.25, -0.2) is 18.2 Å². The van der Waals surface area contributed by atoms with Crippen molar-refractivity contribution >= 4 is 27.4 Å². The van der Waals surface area contributed by atoms with Gasteiger partial charge >= 0.3 is 0 Å². The zero-order valence-corrected chi connectivity index (χ0v) is 10.9. The van der Waals surface area contributed by atoms with E-state index in [2.05, 4.69) is 26.2 Å². The zero-order valence-electron chi connectivity index (χ0n) is 9.27. The van der Waals surface area contributed by atoms with Crippen molar-refractivity contribution < 1.29 is 13.2 Å². The van der Waals surface area contributed by atoms with E-state index in [1.807, 2.05) is 6.92 Å². The van der Waals surface area contributed by atoms with Crippen molar-refractivity contribution in [2.45, 2.75) is 6.92 Å². The minimum atomic E-state index is -1.25. The summed E-state index contributed by atoms with van der Waals surface area (Å²) in [5.41, 5.74) is 0.600. The molecule has 0 bridgehead atoms. The third kappa shape index (κ3) is 2.64. The highest BCUT2D eigenvalue weighted by Gasteiger charge is 2.12. The smallest absolute Gasteiger partial charge is 0.182 e. The highest BCUT2D eigenvalue weighted by molar-refractivity contribution is 9.10. The minimum absolute atomic E-state index is 0.282. The van der Waals surface area contributed by atoms with Gasteiger partial charge in [0.2, 0.25) is 0 Å². The molecular weight excluding hydrogens is 309 g/mol. The number of nitrogens with zero attached hydrogens (tertiary/aromatic N) is 1. The van der Waals surface area contributed by atoms with Crippen LogP contribution in [-0.4, -0.2) is 4.98 Å². The number of hydrogen-bond donors (Lipinski definition) is 1. The molecule has 1 heterocycles. The summed E-state index contributed by atoms with van der Waals surface area (Å²) in [7, 11) is 0. The van der Waals surface area contributed by atoms with Crippen molar-refractivity contribution in [3.05, 3.63) is 51.9 Å². The first kappa shape index (κ1) is 12.9. The minimum Gasteiger partial charge on any atom is -0.337 e. The first-order valence-corrected chi connectivity index (χ1v) is 5.80. The Hall–Kier alpha value is -1.56. The van der Waals surface area contributed by atoms with Gasteiger partial charge in [-0.3, -0.25) is 0 Å². The third-order valence-corrected chi connectivity index (χ3v) is 2.83. The number of anilines is 2. The molecule has 0 aliphatic carbocycles. The monoisotopic (exact) mass is 316 g/mol. The van der Waals surface area contributed by atoms with E-state index in [1.54, 1.807) is 12.3 Å². The number of nitrogens with one attached hydrogen (secondary N) is 1. The zero-order chi connectivity index (χ0) is 13.3. The molecular formula is C12H8BrF3N2. The SMILES string of the molecule is Cc1cnc(Nc2cc(F)cc(F)c2F)c(Br)c1. The van der Waals surface area contributed by atoms with Crippen LogP contribution in [0, 0.1) is 24.4 Å². The Morgan fingerprint density at radius 2 is 1.89 bits per heavy atom. The molecule has 1 aromatic carbocycles. The molecule has 2 aromatic rings. The lowest BCUT2D eigenvalue weighted by molar-refractivity contribution is 0.498. The van der Waals surface area contributed by atoms with Crippen LogP contribution >= 0.6 is 15.9 Å². The summed E-state index contributed by atoms with van der Waals surface area (Å²) in [4.78, 5) is 4.00. The normalized spacial score (nSPS) is 10.5. The molecule has 0 amide bonds. The van der Waals surface area contributed by atoms with Crippen molar-refractivity contribution in [2.75, 3.05) is 5.32 Å². The second kappa shape index (κ2) is 4.97. The average Bonchev–Trinajstić information content (AvgIpc) is 2.29. The predicted molar refractivity (Wildman–Crippen MR) is 66.3 cm³/mol. The van der Waals surface area contributed by atoms with Gasteiger partial charge in [0.15, 0.2) is 11.6 Å². The fourth-order valence-electron chi connectivity index (χ4n) is 1.40. The fourth-order valence-corrected chi connectivity index (χ4v) is 1.96. The van der Waals surface area contributed by atoms with E-state index in [1.165, 1.54) is 0 Å². The molecule has 2 rings (SSSR count). The van der Waals surface area contributed by atoms with E-state index >= 15 is 0 Å². The summed E-state index contributed by atoms with van der Waals surface area (Å²) in [6.45, 7) is 1.84. The van der Waals surface area contributed by atoms with Crippen LogP contribution in [0.2, 0.25) is 0 Å². The number of pyridine rings is 1. The highest BCUT2D eigenvalue weighted by Crippen LogP contribution is 2.27. The second-order valence-corrected chi connectivity index (χ2v) is 4.57. The van der Waals surface area contributed by atoms with Gasteiger partial charge in [-0.2, -0.15) is 0 Å². The summed E-state index contributed by atoms with van der Waals surface area (Å²) in [5, 5.41) is 2.54. The Labute approximate surface area is 110 Å². The largest absolute Gasteiger partial charge is 0.337 e. The van der Waals surface area contributed by atoms with Crippen molar-refractivity contribution in [2.24, 2.45) is 0 Å². The third-order valence-electron chi connectivity index (χ3n) is 2.22. The van der Waals surface area contributed by atoms with Crippen LogP contribution in [0.15, 0.2) is 28.9 Å². The molecule has 0 radical (unpaired) electrons. The number of aryl methyl sites for hydroxylation is 1. The molecule has 1 N–H and O–H groups in total. The lowest BCUT2D eigenvalue weighted by Crippen LogP contribution is -2.00. The van der Waals surface area contributed by atoms with E-state index in [0.717, 1.165) is 11.6 Å². The maximum atomic E-state index is 13.4. The Bertz CT molecular complexity index is 602. The number of halogens is 4. The standard InChI is InChI=1S/C12H8BrF3N2/c1-6-2-8(13)12(17-5-6)18-10-4-7(14)3-9(15)11(10)16/h2-5H,1H3,(H,17,18). The summed E-state index contributed by atoms with van der Waals surface area (Å²) >= 11 is 3.23. The van der Waals surface area contributed by atoms with Gasteiger partial charge in [0.05, 0.1) is 10.2 Å². The molecule has 0 saturated heterocycles. The topological polar surface area (TPSA) is 24.9 Å². The lowest BCUT2D eigenvalue weighted by atomic mass is 10.2. The Morgan fingerprint density at radius 1 is 1.17 bits per heavy atom. The summed E-state index contributed by atoms with van der Waals surface area (Å²) in [6.07, 6.45) is 1.56. The van der Waals surface area contributed by atoms with E-state index in [-0.39, 0.29) is 11.5 Å². The number of hydrogen-bond acceptors (Lipinski definition) is 2. The van der Waals surface area contributed by atoms with Gasteiger partial charge in [-0.1, -0.05) is 0 Å². The van der Waals surface area contributed by atoms with Gasteiger partial charge in [0, 0.05) is 18.3 Å². The van der Waals surface area contributed by atoms with Gasteiger partial charge in [-0.05, 0) is 34.5 Å². The first-order valence-electron chi connectivity index (χ1n) is 5.01. The van der Waals surface area contributed by atoms with Crippen molar-refractivity contribution in [3.63, 3.8) is 0 Å². The van der Waals surface area contributed by atoms with E-state index in [4.69, 9.17) is 0 Å². The summed E-state index contributed by atoms with van der Waals surface area (Å²) in [5.74, 6) is -2.98. The van der Waals surface area contributed by atoms with Gasteiger partial charge < -0.3 is 5.32 Å². The second-order valence-electron chi connectivity index (χ2n) is 3.72. The van der Waals surface area contributed by atoms with Crippen molar-refractivity contribution in [1.82, 2.24) is 4.98 Å². The quantitative estimate of drug-likeness (QED) is 0.835. The molecule has 0 aliphatic rings. The molecule has 0 fully saturated rings. The van der Waals surface area contributed by atoms with Crippen molar-refractivity contribution in [3.8, 4) is 0 Å². The van der Waals surface area contributed by atoms with Gasteiger partial charge in [0.25, 0.3) is 0 Å².